The minimum atomic E-state index is -5.80. The van der Waals surface area contributed by atoms with Crippen LogP contribution in [0.15, 0.2) is 0 Å². The van der Waals surface area contributed by atoms with Crippen molar-refractivity contribution < 1.29 is 69.6 Å². The average molecular weight is 968 g/mol. The van der Waals surface area contributed by atoms with Crippen molar-refractivity contribution in [1.29, 1.82) is 0 Å². The van der Waals surface area contributed by atoms with Gasteiger partial charge < -0.3 is 49.7 Å². The third-order valence-corrected chi connectivity index (χ3v) is 12.4. The molecule has 6 unspecified atom stereocenters. The molecule has 20 heteroatoms. The van der Waals surface area contributed by atoms with Gasteiger partial charge in [-0.2, -0.15) is 22.0 Å². The molecule has 2 saturated carbocycles. The van der Waals surface area contributed by atoms with Gasteiger partial charge in [-0.3, -0.25) is 4.79 Å². The van der Waals surface area contributed by atoms with Gasteiger partial charge in [-0.1, -0.05) is 64.4 Å². The lowest BCUT2D eigenvalue weighted by atomic mass is 9.62. The Morgan fingerprint density at radius 2 is 1.19 bits per heavy atom. The predicted molar refractivity (Wildman–Crippen MR) is 225 cm³/mol. The molecular weight excluding hydrogens is 895 g/mol. The van der Waals surface area contributed by atoms with E-state index in [1.165, 1.54) is 21.0 Å². The second-order valence-corrected chi connectivity index (χ2v) is 21.1. The summed E-state index contributed by atoms with van der Waals surface area (Å²) in [5, 5.41) is 12.1. The first-order valence-electron chi connectivity index (χ1n) is 21.1. The van der Waals surface area contributed by atoms with E-state index in [2.05, 4.69) is 58.0 Å². The fourth-order valence-electron chi connectivity index (χ4n) is 9.08. The van der Waals surface area contributed by atoms with Crippen LogP contribution in [0.25, 0.3) is 0 Å². The first-order valence-corrected chi connectivity index (χ1v) is 22.2. The Morgan fingerprint density at radius 3 is 1.74 bits per heavy atom. The van der Waals surface area contributed by atoms with Crippen molar-refractivity contribution in [3.63, 3.8) is 0 Å². The van der Waals surface area contributed by atoms with Gasteiger partial charge in [-0.05, 0) is 74.5 Å². The average Bonchev–Trinajstić information content (AvgIpc) is 3.08. The molecule has 0 saturated heterocycles. The summed E-state index contributed by atoms with van der Waals surface area (Å²) >= 11 is 3.40. The van der Waals surface area contributed by atoms with E-state index in [1.54, 1.807) is 0 Å². The number of halogens is 6. The molecule has 6 atom stereocenters. The number of methoxy groups -OCH3 is 1. The van der Waals surface area contributed by atoms with Crippen LogP contribution in [0, 0.1) is 27.1 Å². The minimum Gasteiger partial charge on any atom is -0.450 e. The van der Waals surface area contributed by atoms with E-state index < -0.39 is 72.6 Å². The van der Waals surface area contributed by atoms with Crippen molar-refractivity contribution in [2.24, 2.45) is 27.1 Å². The van der Waals surface area contributed by atoms with Crippen molar-refractivity contribution >= 4 is 40.1 Å². The molecule has 0 aliphatic heterocycles. The summed E-state index contributed by atoms with van der Waals surface area (Å²) < 4.78 is 97.8. The van der Waals surface area contributed by atoms with Crippen molar-refractivity contribution in [2.45, 2.75) is 143 Å². The van der Waals surface area contributed by atoms with Gasteiger partial charge in [0.25, 0.3) is 0 Å². The smallest absolute Gasteiger partial charge is 0.450 e. The van der Waals surface area contributed by atoms with Crippen molar-refractivity contribution in [2.75, 3.05) is 71.8 Å². The highest BCUT2D eigenvalue weighted by atomic mass is 79.9. The Bertz CT molecular complexity index is 1480. The third kappa shape index (κ3) is 20.0. The van der Waals surface area contributed by atoms with Crippen LogP contribution in [0.1, 0.15) is 114 Å². The first kappa shape index (κ1) is 55.4. The van der Waals surface area contributed by atoms with Gasteiger partial charge in [0.1, 0.15) is 13.2 Å². The van der Waals surface area contributed by atoms with Gasteiger partial charge in [0, 0.05) is 54.4 Å². The molecule has 0 bridgehead atoms. The van der Waals surface area contributed by atoms with E-state index in [9.17, 15) is 41.1 Å². The van der Waals surface area contributed by atoms with Crippen LogP contribution in [-0.2, 0) is 33.2 Å². The summed E-state index contributed by atoms with van der Waals surface area (Å²) in [7, 11) is 1.52. The molecule has 4 N–H and O–H groups in total. The molecule has 62 heavy (non-hydrogen) atoms. The molecule has 4 amide bonds. The maximum Gasteiger partial charge on any atom is 0.455 e. The fourth-order valence-corrected chi connectivity index (χ4v) is 9.41. The zero-order valence-corrected chi connectivity index (χ0v) is 39.8. The van der Waals surface area contributed by atoms with Crippen molar-refractivity contribution in [1.82, 2.24) is 21.3 Å². The molecule has 0 radical (unpaired) electrons. The number of hydrogen-bond acceptors (Lipinski definition) is 10. The quantitative estimate of drug-likeness (QED) is 0.0338. The first-order chi connectivity index (χ1) is 28.4. The number of alkyl carbamates (subject to hydrolysis) is 3. The zero-order valence-electron chi connectivity index (χ0n) is 38.2. The Kier molecular flexibility index (Phi) is 20.5. The molecule has 2 rings (SSSR count). The lowest BCUT2D eigenvalue weighted by Crippen LogP contribution is -2.57. The normalized spacial score (nSPS) is 25.6. The van der Waals surface area contributed by atoms with Gasteiger partial charge >= 0.3 is 30.4 Å². The molecule has 362 valence electrons. The molecule has 0 spiro atoms. The van der Waals surface area contributed by atoms with Gasteiger partial charge in [0.2, 0.25) is 5.91 Å². The number of rotatable bonds is 23. The molecule has 0 heterocycles. The van der Waals surface area contributed by atoms with E-state index in [4.69, 9.17) is 28.4 Å². The highest BCUT2D eigenvalue weighted by Gasteiger charge is 2.58. The van der Waals surface area contributed by atoms with Gasteiger partial charge in [-0.25, -0.2) is 14.4 Å². The van der Waals surface area contributed by atoms with Crippen LogP contribution in [-0.4, -0.2) is 126 Å². The second kappa shape index (κ2) is 23.0. The van der Waals surface area contributed by atoms with Gasteiger partial charge in [-0.15, -0.1) is 0 Å². The van der Waals surface area contributed by atoms with Gasteiger partial charge in [0.05, 0.1) is 39.6 Å². The largest absolute Gasteiger partial charge is 0.455 e. The summed E-state index contributed by atoms with van der Waals surface area (Å²) in [4.78, 5) is 50.2. The van der Waals surface area contributed by atoms with Crippen LogP contribution in [0.5, 0.6) is 0 Å². The lowest BCUT2D eigenvalue weighted by molar-refractivity contribution is -0.298. The number of ether oxygens (including phenoxy) is 6. The topological polar surface area (TPSA) is 172 Å². The summed E-state index contributed by atoms with van der Waals surface area (Å²) in [6, 6.07) is -0.438. The number of unbranched alkanes of at least 4 members (excludes halogenated alkanes) is 1. The standard InChI is InChI=1S/C42H72BrF5N4O10/c1-29(53)50-30-15-35(2,3)19-37(6,17-30)22-49-32(54)60-13-11-12-14-61-34(56)52-40(9)18-31(16-36(4,5)20-40)51-33(55)62-27-39(8,25-58-24-38(7,21-43)23-57-10)26-59-28-41(44,45)42(46,47)48/h30-31H,11-28H2,1-10H3,(H,49,54)(H,50,53)(H,51,55)(H,52,56). The molecule has 14 nitrogen and oxygen atoms in total. The van der Waals surface area contributed by atoms with E-state index >= 15 is 0 Å². The molecule has 0 aromatic rings. The summed E-state index contributed by atoms with van der Waals surface area (Å²) in [5.74, 6) is -5.16. The number of carbonyl (C=O) groups excluding carboxylic acids is 4. The maximum atomic E-state index is 13.6. The molecule has 2 fully saturated rings. The summed E-state index contributed by atoms with van der Waals surface area (Å²) in [6.07, 6.45) is -3.07. The van der Waals surface area contributed by atoms with E-state index in [0.29, 0.717) is 50.6 Å². The summed E-state index contributed by atoms with van der Waals surface area (Å²) in [6.45, 7) is 14.9. The van der Waals surface area contributed by atoms with Crippen LogP contribution >= 0.6 is 15.9 Å². The predicted octanol–water partition coefficient (Wildman–Crippen LogP) is 8.29. The van der Waals surface area contributed by atoms with Crippen molar-refractivity contribution in [3.8, 4) is 0 Å². The fraction of sp³-hybridized carbons (Fsp3) is 0.905. The van der Waals surface area contributed by atoms with E-state index in [1.807, 2.05) is 27.7 Å². The second-order valence-electron chi connectivity index (χ2n) is 20.5. The van der Waals surface area contributed by atoms with Crippen LogP contribution in [0.3, 0.4) is 0 Å². The molecular formula is C42H72BrF5N4O10. The Hall–Kier alpha value is -2.71. The number of hydrogen-bond donors (Lipinski definition) is 4. The minimum absolute atomic E-state index is 0.00180. The number of nitrogens with one attached hydrogen (secondary N) is 4. The Balaban J connectivity index is 1.86. The molecule has 2 aliphatic rings. The number of carbonyl (C=O) groups is 4. The van der Waals surface area contributed by atoms with E-state index in [-0.39, 0.29) is 54.6 Å². The molecule has 0 aromatic heterocycles. The number of alkyl halides is 6. The Labute approximate surface area is 372 Å². The monoisotopic (exact) mass is 966 g/mol. The van der Waals surface area contributed by atoms with E-state index in [0.717, 1.165) is 19.3 Å². The molecule has 2 aliphatic carbocycles. The molecule has 0 aromatic carbocycles. The summed E-state index contributed by atoms with van der Waals surface area (Å²) in [5.41, 5.74) is -3.16. The number of amides is 4. The van der Waals surface area contributed by atoms with Crippen LogP contribution in [0.2, 0.25) is 0 Å². The lowest BCUT2D eigenvalue weighted by Gasteiger charge is -2.46. The highest BCUT2D eigenvalue weighted by molar-refractivity contribution is 9.09. The zero-order chi connectivity index (χ0) is 47.3. The Morgan fingerprint density at radius 1 is 0.661 bits per heavy atom. The van der Waals surface area contributed by atoms with Crippen molar-refractivity contribution in [3.05, 3.63) is 0 Å². The third-order valence-electron chi connectivity index (χ3n) is 11.0. The highest BCUT2D eigenvalue weighted by Crippen LogP contribution is 2.46. The maximum absolute atomic E-state index is 13.6. The van der Waals surface area contributed by atoms with Crippen LogP contribution in [0.4, 0.5) is 36.3 Å². The van der Waals surface area contributed by atoms with Crippen LogP contribution < -0.4 is 21.3 Å². The SMILES string of the molecule is COCC(C)(CBr)COCC(C)(COCC(F)(F)C(F)(F)F)COC(=O)NC1CC(C)(C)CC(C)(NC(=O)OCCCCOC(=O)NCC2(C)CC(NC(C)=O)CC(C)(C)C2)C1. The van der Waals surface area contributed by atoms with Gasteiger partial charge in [0.15, 0.2) is 0 Å².